The number of hydrogen-bond donors (Lipinski definition) is 1. The molecule has 0 spiro atoms. The summed E-state index contributed by atoms with van der Waals surface area (Å²) in [4.78, 5) is 38.4. The second kappa shape index (κ2) is 6.75. The van der Waals surface area contributed by atoms with Crippen LogP contribution in [-0.4, -0.2) is 24.1 Å². The summed E-state index contributed by atoms with van der Waals surface area (Å²) < 4.78 is 0. The van der Waals surface area contributed by atoms with Gasteiger partial charge in [-0.3, -0.25) is 14.4 Å². The molecule has 0 bridgehead atoms. The SMILES string of the molecule is O=C(Nc1ccc(C(=O)C2CC2)cc1)C1CC(=O)N(c2ccccc2)C1. The number of nitrogens with one attached hydrogen (secondary N) is 1. The fourth-order valence-electron chi connectivity index (χ4n) is 3.28. The van der Waals surface area contributed by atoms with Gasteiger partial charge in [0.15, 0.2) is 5.78 Å². The first-order chi connectivity index (χ1) is 12.6. The first-order valence-electron chi connectivity index (χ1n) is 8.92. The molecule has 1 aliphatic heterocycles. The van der Waals surface area contributed by atoms with Crippen molar-refractivity contribution in [3.05, 3.63) is 60.2 Å². The number of rotatable bonds is 5. The molecule has 132 valence electrons. The number of anilines is 2. The molecule has 2 aromatic rings. The van der Waals surface area contributed by atoms with Crippen LogP contribution < -0.4 is 10.2 Å². The first-order valence-corrected chi connectivity index (χ1v) is 8.92. The van der Waals surface area contributed by atoms with Gasteiger partial charge in [0.1, 0.15) is 0 Å². The highest BCUT2D eigenvalue weighted by molar-refractivity contribution is 6.04. The maximum atomic E-state index is 12.5. The summed E-state index contributed by atoms with van der Waals surface area (Å²) in [7, 11) is 0. The molecule has 0 radical (unpaired) electrons. The molecule has 1 saturated heterocycles. The quantitative estimate of drug-likeness (QED) is 0.844. The highest BCUT2D eigenvalue weighted by atomic mass is 16.2. The Morgan fingerprint density at radius 1 is 0.923 bits per heavy atom. The van der Waals surface area contributed by atoms with Crippen LogP contribution >= 0.6 is 0 Å². The molecule has 5 heteroatoms. The van der Waals surface area contributed by atoms with Crippen molar-refractivity contribution in [3.63, 3.8) is 0 Å². The molecular weight excluding hydrogens is 328 g/mol. The van der Waals surface area contributed by atoms with Gasteiger partial charge in [-0.25, -0.2) is 0 Å². The monoisotopic (exact) mass is 348 g/mol. The van der Waals surface area contributed by atoms with E-state index in [1.807, 2.05) is 30.3 Å². The number of benzene rings is 2. The predicted octanol–water partition coefficient (Wildman–Crippen LogP) is 3.27. The van der Waals surface area contributed by atoms with E-state index in [4.69, 9.17) is 0 Å². The Bertz CT molecular complexity index is 841. The number of amides is 2. The van der Waals surface area contributed by atoms with Gasteiger partial charge in [0.25, 0.3) is 0 Å². The average molecular weight is 348 g/mol. The van der Waals surface area contributed by atoms with E-state index >= 15 is 0 Å². The molecule has 1 heterocycles. The molecule has 0 aromatic heterocycles. The van der Waals surface area contributed by atoms with E-state index in [2.05, 4.69) is 5.32 Å². The Morgan fingerprint density at radius 3 is 2.27 bits per heavy atom. The Morgan fingerprint density at radius 2 is 1.62 bits per heavy atom. The molecular formula is C21H20N2O3. The number of Topliss-reactive ketones (excluding diaryl/α,β-unsaturated/α-hetero) is 1. The lowest BCUT2D eigenvalue weighted by Gasteiger charge is -2.16. The van der Waals surface area contributed by atoms with Gasteiger partial charge in [0, 0.05) is 35.8 Å². The molecule has 2 fully saturated rings. The van der Waals surface area contributed by atoms with E-state index in [0.29, 0.717) is 17.8 Å². The molecule has 2 amide bonds. The van der Waals surface area contributed by atoms with Crippen LogP contribution in [0.5, 0.6) is 0 Å². The number of nitrogens with zero attached hydrogens (tertiary/aromatic N) is 1. The maximum absolute atomic E-state index is 12.5. The summed E-state index contributed by atoms with van der Waals surface area (Å²) in [6.45, 7) is 0.382. The molecule has 4 rings (SSSR count). The highest BCUT2D eigenvalue weighted by Crippen LogP contribution is 2.33. The normalized spacial score (nSPS) is 19.5. The lowest BCUT2D eigenvalue weighted by atomic mass is 10.1. The van der Waals surface area contributed by atoms with E-state index in [1.54, 1.807) is 29.2 Å². The van der Waals surface area contributed by atoms with Crippen molar-refractivity contribution in [1.82, 2.24) is 0 Å². The Kier molecular flexibility index (Phi) is 4.29. The summed E-state index contributed by atoms with van der Waals surface area (Å²) in [6, 6.07) is 16.4. The van der Waals surface area contributed by atoms with Crippen molar-refractivity contribution in [1.29, 1.82) is 0 Å². The molecule has 5 nitrogen and oxygen atoms in total. The third-order valence-electron chi connectivity index (χ3n) is 4.95. The topological polar surface area (TPSA) is 66.5 Å². The molecule has 2 aliphatic rings. The van der Waals surface area contributed by atoms with Crippen LogP contribution in [-0.2, 0) is 9.59 Å². The largest absolute Gasteiger partial charge is 0.326 e. The van der Waals surface area contributed by atoms with Crippen LogP contribution in [0.15, 0.2) is 54.6 Å². The zero-order valence-electron chi connectivity index (χ0n) is 14.4. The lowest BCUT2D eigenvalue weighted by molar-refractivity contribution is -0.122. The van der Waals surface area contributed by atoms with Crippen LogP contribution in [0.3, 0.4) is 0 Å². The average Bonchev–Trinajstić information content (AvgIpc) is 3.44. The predicted molar refractivity (Wildman–Crippen MR) is 99.0 cm³/mol. The second-order valence-corrected chi connectivity index (χ2v) is 6.95. The fourth-order valence-corrected chi connectivity index (χ4v) is 3.28. The van der Waals surface area contributed by atoms with E-state index in [1.165, 1.54) is 0 Å². The third kappa shape index (κ3) is 3.38. The van der Waals surface area contributed by atoms with Crippen LogP contribution in [0.2, 0.25) is 0 Å². The number of hydrogen-bond acceptors (Lipinski definition) is 3. The number of ketones is 1. The van der Waals surface area contributed by atoms with Gasteiger partial charge in [0.05, 0.1) is 5.92 Å². The summed E-state index contributed by atoms with van der Waals surface area (Å²) >= 11 is 0. The van der Waals surface area contributed by atoms with Crippen molar-refractivity contribution < 1.29 is 14.4 Å². The Labute approximate surface area is 152 Å². The minimum Gasteiger partial charge on any atom is -0.326 e. The van der Waals surface area contributed by atoms with Gasteiger partial charge in [-0.15, -0.1) is 0 Å². The second-order valence-electron chi connectivity index (χ2n) is 6.95. The van der Waals surface area contributed by atoms with Crippen LogP contribution in [0.1, 0.15) is 29.6 Å². The van der Waals surface area contributed by atoms with Crippen LogP contribution in [0, 0.1) is 11.8 Å². The van der Waals surface area contributed by atoms with Gasteiger partial charge in [0.2, 0.25) is 11.8 Å². The molecule has 1 saturated carbocycles. The minimum absolute atomic E-state index is 0.0401. The van der Waals surface area contributed by atoms with E-state index in [-0.39, 0.29) is 35.9 Å². The Balaban J connectivity index is 1.39. The smallest absolute Gasteiger partial charge is 0.229 e. The summed E-state index contributed by atoms with van der Waals surface area (Å²) in [6.07, 6.45) is 2.16. The minimum atomic E-state index is -0.379. The number of para-hydroxylation sites is 1. The third-order valence-corrected chi connectivity index (χ3v) is 4.95. The summed E-state index contributed by atoms with van der Waals surface area (Å²) in [5, 5.41) is 2.86. The van der Waals surface area contributed by atoms with Crippen molar-refractivity contribution >= 4 is 29.0 Å². The first kappa shape index (κ1) is 16.5. The summed E-state index contributed by atoms with van der Waals surface area (Å²) in [5.74, 6) is -0.220. The van der Waals surface area contributed by atoms with Gasteiger partial charge >= 0.3 is 0 Å². The molecule has 2 aromatic carbocycles. The maximum Gasteiger partial charge on any atom is 0.229 e. The van der Waals surface area contributed by atoms with Crippen molar-refractivity contribution in [3.8, 4) is 0 Å². The van der Waals surface area contributed by atoms with Crippen molar-refractivity contribution in [2.75, 3.05) is 16.8 Å². The van der Waals surface area contributed by atoms with E-state index < -0.39 is 0 Å². The molecule has 1 aliphatic carbocycles. The number of carbonyl (C=O) groups is 3. The van der Waals surface area contributed by atoms with E-state index in [9.17, 15) is 14.4 Å². The molecule has 1 N–H and O–H groups in total. The molecule has 1 unspecified atom stereocenters. The standard InChI is InChI=1S/C21H20N2O3/c24-19-12-16(13-23(19)18-4-2-1-3-5-18)21(26)22-17-10-8-15(9-11-17)20(25)14-6-7-14/h1-5,8-11,14,16H,6-7,12-13H2,(H,22,26). The van der Waals surface area contributed by atoms with E-state index in [0.717, 1.165) is 18.5 Å². The molecule has 26 heavy (non-hydrogen) atoms. The summed E-state index contributed by atoms with van der Waals surface area (Å²) in [5.41, 5.74) is 2.15. The lowest BCUT2D eigenvalue weighted by Crippen LogP contribution is -2.28. The zero-order valence-corrected chi connectivity index (χ0v) is 14.4. The zero-order chi connectivity index (χ0) is 18.1. The fraction of sp³-hybridized carbons (Fsp3) is 0.286. The van der Waals surface area contributed by atoms with Gasteiger partial charge in [-0.2, -0.15) is 0 Å². The van der Waals surface area contributed by atoms with Crippen LogP contribution in [0.25, 0.3) is 0 Å². The van der Waals surface area contributed by atoms with Crippen LogP contribution in [0.4, 0.5) is 11.4 Å². The van der Waals surface area contributed by atoms with Crippen molar-refractivity contribution in [2.24, 2.45) is 11.8 Å². The van der Waals surface area contributed by atoms with Gasteiger partial charge < -0.3 is 10.2 Å². The molecule has 1 atom stereocenters. The van der Waals surface area contributed by atoms with Gasteiger partial charge in [-0.05, 0) is 49.2 Å². The highest BCUT2D eigenvalue weighted by Gasteiger charge is 2.35. The van der Waals surface area contributed by atoms with Gasteiger partial charge in [-0.1, -0.05) is 18.2 Å². The number of carbonyl (C=O) groups excluding carboxylic acids is 3. The Hall–Kier alpha value is -2.95. The van der Waals surface area contributed by atoms with Crippen molar-refractivity contribution in [2.45, 2.75) is 19.3 Å².